The number of amides is 1. The van der Waals surface area contributed by atoms with Crippen molar-refractivity contribution in [2.45, 2.75) is 25.2 Å². The first-order valence-electron chi connectivity index (χ1n) is 9.01. The number of benzene rings is 1. The van der Waals surface area contributed by atoms with Gasteiger partial charge in [-0.15, -0.1) is 0 Å². The third-order valence-electron chi connectivity index (χ3n) is 4.99. The molecule has 2 heterocycles. The van der Waals surface area contributed by atoms with Crippen LogP contribution in [0.5, 0.6) is 0 Å². The number of aromatic nitrogens is 2. The number of carbonyl (C=O) groups excluding carboxylic acids is 1. The van der Waals surface area contributed by atoms with E-state index in [1.807, 2.05) is 41.1 Å². The number of nitrogens with zero attached hydrogens (tertiary/aromatic N) is 3. The van der Waals surface area contributed by atoms with Crippen LogP contribution in [0.25, 0.3) is 5.69 Å². The maximum absolute atomic E-state index is 12.5. The van der Waals surface area contributed by atoms with Gasteiger partial charge in [-0.1, -0.05) is 18.2 Å². The standard InChI is InChI=1S/C19H24N4O2/c24-13-14-8-9-22(11-14)12-19(25)20-18-10-17(15-6-7-15)21-23(18)16-4-2-1-3-5-16/h1-5,10,14-15,24H,6-9,11-13H2,(H,20,25). The summed E-state index contributed by atoms with van der Waals surface area (Å²) in [6.07, 6.45) is 3.31. The molecule has 25 heavy (non-hydrogen) atoms. The Bertz CT molecular complexity index is 739. The Balaban J connectivity index is 1.48. The Morgan fingerprint density at radius 3 is 2.72 bits per heavy atom. The summed E-state index contributed by atoms with van der Waals surface area (Å²) in [7, 11) is 0. The van der Waals surface area contributed by atoms with Crippen molar-refractivity contribution in [1.29, 1.82) is 0 Å². The lowest BCUT2D eigenvalue weighted by atomic mass is 10.1. The first-order chi connectivity index (χ1) is 12.2. The molecule has 1 amide bonds. The monoisotopic (exact) mass is 340 g/mol. The molecule has 1 atom stereocenters. The molecule has 1 saturated heterocycles. The summed E-state index contributed by atoms with van der Waals surface area (Å²) in [6, 6.07) is 11.9. The van der Waals surface area contributed by atoms with Crippen LogP contribution in [0.15, 0.2) is 36.4 Å². The van der Waals surface area contributed by atoms with Crippen LogP contribution in [0, 0.1) is 5.92 Å². The minimum absolute atomic E-state index is 0.0296. The largest absolute Gasteiger partial charge is 0.396 e. The van der Waals surface area contributed by atoms with E-state index >= 15 is 0 Å². The van der Waals surface area contributed by atoms with Gasteiger partial charge < -0.3 is 10.4 Å². The second-order valence-corrected chi connectivity index (χ2v) is 7.10. The Morgan fingerprint density at radius 1 is 1.24 bits per heavy atom. The number of para-hydroxylation sites is 1. The highest BCUT2D eigenvalue weighted by Crippen LogP contribution is 2.40. The van der Waals surface area contributed by atoms with Gasteiger partial charge in [-0.05, 0) is 43.9 Å². The molecule has 6 heteroatoms. The molecule has 0 radical (unpaired) electrons. The average Bonchev–Trinajstić information content (AvgIpc) is 3.25. The third kappa shape index (κ3) is 3.75. The van der Waals surface area contributed by atoms with Crippen LogP contribution < -0.4 is 5.32 Å². The van der Waals surface area contributed by atoms with Gasteiger partial charge in [-0.3, -0.25) is 9.69 Å². The Labute approximate surface area is 147 Å². The molecule has 4 rings (SSSR count). The van der Waals surface area contributed by atoms with E-state index in [2.05, 4.69) is 10.2 Å². The maximum atomic E-state index is 12.5. The minimum atomic E-state index is -0.0296. The van der Waals surface area contributed by atoms with Gasteiger partial charge in [-0.2, -0.15) is 5.10 Å². The molecule has 2 fully saturated rings. The first-order valence-corrected chi connectivity index (χ1v) is 9.01. The van der Waals surface area contributed by atoms with Crippen molar-refractivity contribution in [2.75, 3.05) is 31.6 Å². The summed E-state index contributed by atoms with van der Waals surface area (Å²) in [6.45, 7) is 2.21. The highest BCUT2D eigenvalue weighted by molar-refractivity contribution is 5.91. The summed E-state index contributed by atoms with van der Waals surface area (Å²) in [4.78, 5) is 14.6. The maximum Gasteiger partial charge on any atom is 0.239 e. The number of hydrogen-bond donors (Lipinski definition) is 2. The van der Waals surface area contributed by atoms with Crippen molar-refractivity contribution in [2.24, 2.45) is 5.92 Å². The number of carbonyl (C=O) groups is 1. The smallest absolute Gasteiger partial charge is 0.239 e. The average molecular weight is 340 g/mol. The number of hydrogen-bond acceptors (Lipinski definition) is 4. The van der Waals surface area contributed by atoms with Crippen molar-refractivity contribution >= 4 is 11.7 Å². The van der Waals surface area contributed by atoms with Gasteiger partial charge in [0.05, 0.1) is 17.9 Å². The van der Waals surface area contributed by atoms with E-state index in [-0.39, 0.29) is 12.5 Å². The number of aliphatic hydroxyl groups excluding tert-OH is 1. The van der Waals surface area contributed by atoms with Crippen LogP contribution in [-0.2, 0) is 4.79 Å². The SMILES string of the molecule is O=C(CN1CCC(CO)C1)Nc1cc(C2CC2)nn1-c1ccccc1. The van der Waals surface area contributed by atoms with E-state index in [9.17, 15) is 9.90 Å². The zero-order chi connectivity index (χ0) is 17.2. The molecule has 1 unspecified atom stereocenters. The van der Waals surface area contributed by atoms with Crippen molar-refractivity contribution in [3.8, 4) is 5.69 Å². The van der Waals surface area contributed by atoms with E-state index in [4.69, 9.17) is 5.10 Å². The van der Waals surface area contributed by atoms with E-state index in [0.717, 1.165) is 36.7 Å². The van der Waals surface area contributed by atoms with Crippen LogP contribution >= 0.6 is 0 Å². The topological polar surface area (TPSA) is 70.4 Å². The molecule has 1 aromatic heterocycles. The summed E-state index contributed by atoms with van der Waals surface area (Å²) >= 11 is 0. The van der Waals surface area contributed by atoms with Crippen LogP contribution in [0.4, 0.5) is 5.82 Å². The highest BCUT2D eigenvalue weighted by atomic mass is 16.3. The minimum Gasteiger partial charge on any atom is -0.396 e. The van der Waals surface area contributed by atoms with Crippen molar-refractivity contribution < 1.29 is 9.90 Å². The van der Waals surface area contributed by atoms with Crippen molar-refractivity contribution in [1.82, 2.24) is 14.7 Å². The molecule has 1 saturated carbocycles. The second-order valence-electron chi connectivity index (χ2n) is 7.10. The molecular formula is C19H24N4O2. The normalized spacial score (nSPS) is 20.8. The number of likely N-dealkylation sites (tertiary alicyclic amines) is 1. The number of nitrogens with one attached hydrogen (secondary N) is 1. The zero-order valence-electron chi connectivity index (χ0n) is 14.3. The molecule has 1 aliphatic carbocycles. The molecule has 6 nitrogen and oxygen atoms in total. The predicted molar refractivity (Wildman–Crippen MR) is 95.8 cm³/mol. The summed E-state index contributed by atoms with van der Waals surface area (Å²) < 4.78 is 1.83. The quantitative estimate of drug-likeness (QED) is 0.844. The Morgan fingerprint density at radius 2 is 2.04 bits per heavy atom. The number of aliphatic hydroxyl groups is 1. The Kier molecular flexibility index (Phi) is 4.55. The van der Waals surface area contributed by atoms with Crippen LogP contribution in [0.1, 0.15) is 30.9 Å². The molecule has 2 N–H and O–H groups in total. The van der Waals surface area contributed by atoms with E-state index in [1.54, 1.807) is 0 Å². The van der Waals surface area contributed by atoms with E-state index in [1.165, 1.54) is 12.8 Å². The fraction of sp³-hybridized carbons (Fsp3) is 0.474. The summed E-state index contributed by atoms with van der Waals surface area (Å²) in [5.74, 6) is 1.53. The van der Waals surface area contributed by atoms with Gasteiger partial charge >= 0.3 is 0 Å². The molecule has 0 bridgehead atoms. The van der Waals surface area contributed by atoms with Crippen LogP contribution in [0.3, 0.4) is 0 Å². The van der Waals surface area contributed by atoms with Crippen LogP contribution in [-0.4, -0.2) is 51.9 Å². The number of rotatable bonds is 6. The summed E-state index contributed by atoms with van der Waals surface area (Å²) in [5.41, 5.74) is 2.01. The van der Waals surface area contributed by atoms with E-state index in [0.29, 0.717) is 18.4 Å². The van der Waals surface area contributed by atoms with Crippen molar-refractivity contribution in [3.05, 3.63) is 42.1 Å². The van der Waals surface area contributed by atoms with Gasteiger partial charge in [0.15, 0.2) is 0 Å². The molecule has 1 aliphatic heterocycles. The molecular weight excluding hydrogens is 316 g/mol. The third-order valence-corrected chi connectivity index (χ3v) is 4.99. The highest BCUT2D eigenvalue weighted by Gasteiger charge is 2.28. The van der Waals surface area contributed by atoms with Crippen molar-refractivity contribution in [3.63, 3.8) is 0 Å². The van der Waals surface area contributed by atoms with Gasteiger partial charge in [0.2, 0.25) is 5.91 Å². The molecule has 2 aliphatic rings. The van der Waals surface area contributed by atoms with Gasteiger partial charge in [-0.25, -0.2) is 4.68 Å². The lowest BCUT2D eigenvalue weighted by Crippen LogP contribution is -2.32. The van der Waals surface area contributed by atoms with Gasteiger partial charge in [0.25, 0.3) is 0 Å². The summed E-state index contributed by atoms with van der Waals surface area (Å²) in [5, 5.41) is 17.0. The fourth-order valence-corrected chi connectivity index (χ4v) is 3.42. The molecule has 0 spiro atoms. The molecule has 2 aromatic rings. The number of anilines is 1. The zero-order valence-corrected chi connectivity index (χ0v) is 14.3. The van der Waals surface area contributed by atoms with Gasteiger partial charge in [0.1, 0.15) is 5.82 Å². The second kappa shape index (κ2) is 6.98. The first kappa shape index (κ1) is 16.3. The molecule has 132 valence electrons. The fourth-order valence-electron chi connectivity index (χ4n) is 3.42. The van der Waals surface area contributed by atoms with Crippen LogP contribution in [0.2, 0.25) is 0 Å². The predicted octanol–water partition coefficient (Wildman–Crippen LogP) is 2.00. The lowest BCUT2D eigenvalue weighted by Gasteiger charge is -2.15. The Hall–Kier alpha value is -2.18. The molecule has 1 aromatic carbocycles. The van der Waals surface area contributed by atoms with Gasteiger partial charge in [0, 0.05) is 25.1 Å². The lowest BCUT2D eigenvalue weighted by molar-refractivity contribution is -0.117. The van der Waals surface area contributed by atoms with E-state index < -0.39 is 0 Å².